The maximum Gasteiger partial charge on any atom is 0.303 e. The van der Waals surface area contributed by atoms with Crippen LogP contribution in [-0.2, 0) is 4.79 Å². The predicted molar refractivity (Wildman–Crippen MR) is 78.4 cm³/mol. The molecule has 0 aromatic heterocycles. The first-order valence-corrected chi connectivity index (χ1v) is 7.82. The Kier molecular flexibility index (Phi) is 8.54. The van der Waals surface area contributed by atoms with Gasteiger partial charge in [0.15, 0.2) is 0 Å². The van der Waals surface area contributed by atoms with E-state index in [1.54, 1.807) is 0 Å². The first kappa shape index (κ1) is 17.2. The molecule has 0 unspecified atom stereocenters. The smallest absolute Gasteiger partial charge is 0.303 e. The first-order valence-electron chi connectivity index (χ1n) is 7.82. The SMILES string of the molecule is O=C(O)C[C@H]1[C@@H](O)CC[C@@H]1C=CCCCCCCCO. The second kappa shape index (κ2) is 9.94. The Balaban J connectivity index is 2.18. The molecule has 0 bridgehead atoms. The highest BCUT2D eigenvalue weighted by molar-refractivity contribution is 5.67. The number of carboxylic acid groups (broad SMARTS) is 1. The highest BCUT2D eigenvalue weighted by atomic mass is 16.4. The summed E-state index contributed by atoms with van der Waals surface area (Å²) in [6.45, 7) is 0.287. The molecule has 1 saturated carbocycles. The third kappa shape index (κ3) is 6.53. The summed E-state index contributed by atoms with van der Waals surface area (Å²) in [6.07, 6.45) is 12.0. The van der Waals surface area contributed by atoms with Crippen LogP contribution >= 0.6 is 0 Å². The Hall–Kier alpha value is -0.870. The monoisotopic (exact) mass is 284 g/mol. The van der Waals surface area contributed by atoms with Crippen molar-refractivity contribution >= 4 is 5.97 Å². The minimum absolute atomic E-state index is 0.0668. The van der Waals surface area contributed by atoms with E-state index in [-0.39, 0.29) is 24.9 Å². The van der Waals surface area contributed by atoms with Gasteiger partial charge in [0, 0.05) is 12.5 Å². The van der Waals surface area contributed by atoms with E-state index < -0.39 is 12.1 Å². The summed E-state index contributed by atoms with van der Waals surface area (Å²) in [4.78, 5) is 10.8. The molecule has 0 radical (unpaired) electrons. The Morgan fingerprint density at radius 3 is 2.50 bits per heavy atom. The molecule has 1 fully saturated rings. The van der Waals surface area contributed by atoms with Crippen LogP contribution < -0.4 is 0 Å². The summed E-state index contributed by atoms with van der Waals surface area (Å²) in [5, 5.41) is 27.3. The molecule has 0 aromatic rings. The van der Waals surface area contributed by atoms with Crippen molar-refractivity contribution in [2.75, 3.05) is 6.61 Å². The molecule has 20 heavy (non-hydrogen) atoms. The molecule has 0 spiro atoms. The minimum Gasteiger partial charge on any atom is -0.481 e. The van der Waals surface area contributed by atoms with Crippen LogP contribution in [0.3, 0.4) is 0 Å². The van der Waals surface area contributed by atoms with Crippen LogP contribution in [0, 0.1) is 11.8 Å². The van der Waals surface area contributed by atoms with Crippen molar-refractivity contribution in [2.24, 2.45) is 11.8 Å². The Bertz CT molecular complexity index is 301. The maximum atomic E-state index is 10.8. The number of aliphatic carboxylic acids is 1. The maximum absolute atomic E-state index is 10.8. The van der Waals surface area contributed by atoms with Gasteiger partial charge in [-0.2, -0.15) is 0 Å². The van der Waals surface area contributed by atoms with Crippen LogP contribution in [0.4, 0.5) is 0 Å². The molecule has 0 aliphatic heterocycles. The molecule has 0 aromatic carbocycles. The van der Waals surface area contributed by atoms with E-state index >= 15 is 0 Å². The van der Waals surface area contributed by atoms with E-state index in [0.717, 1.165) is 38.5 Å². The van der Waals surface area contributed by atoms with Crippen molar-refractivity contribution in [3.8, 4) is 0 Å². The molecule has 3 atom stereocenters. The number of allylic oxidation sites excluding steroid dienone is 2. The second-order valence-electron chi connectivity index (χ2n) is 5.78. The van der Waals surface area contributed by atoms with Crippen LogP contribution in [0.1, 0.15) is 57.8 Å². The number of aliphatic hydroxyl groups is 2. The molecule has 1 aliphatic carbocycles. The zero-order valence-corrected chi connectivity index (χ0v) is 12.2. The van der Waals surface area contributed by atoms with Gasteiger partial charge in [0.05, 0.1) is 12.5 Å². The molecule has 3 N–H and O–H groups in total. The van der Waals surface area contributed by atoms with E-state index in [1.807, 2.05) is 0 Å². The van der Waals surface area contributed by atoms with Crippen LogP contribution in [0.2, 0.25) is 0 Å². The minimum atomic E-state index is -0.821. The molecular weight excluding hydrogens is 256 g/mol. The second-order valence-corrected chi connectivity index (χ2v) is 5.78. The number of carboxylic acids is 1. The lowest BCUT2D eigenvalue weighted by Gasteiger charge is -2.17. The van der Waals surface area contributed by atoms with Crippen molar-refractivity contribution in [3.63, 3.8) is 0 Å². The summed E-state index contributed by atoms with van der Waals surface area (Å²) >= 11 is 0. The third-order valence-electron chi connectivity index (χ3n) is 4.16. The molecular formula is C16H28O4. The number of hydrogen-bond acceptors (Lipinski definition) is 3. The molecule has 116 valence electrons. The number of carbonyl (C=O) groups is 1. The van der Waals surface area contributed by atoms with Gasteiger partial charge >= 0.3 is 5.97 Å². The number of unbranched alkanes of at least 4 members (excludes halogenated alkanes) is 5. The summed E-state index contributed by atoms with van der Waals surface area (Å²) in [7, 11) is 0. The fourth-order valence-electron chi connectivity index (χ4n) is 2.98. The molecule has 4 heteroatoms. The van der Waals surface area contributed by atoms with Crippen LogP contribution in [0.15, 0.2) is 12.2 Å². The van der Waals surface area contributed by atoms with Crippen molar-refractivity contribution in [1.29, 1.82) is 0 Å². The molecule has 0 amide bonds. The fourth-order valence-corrected chi connectivity index (χ4v) is 2.98. The standard InChI is InChI=1S/C16H28O4/c17-11-7-5-3-1-2-4-6-8-13-9-10-15(18)14(13)12-16(19)20/h6,8,13-15,17-18H,1-5,7,9-12H2,(H,19,20)/t13-,14+,15-/m0/s1. The molecule has 0 saturated heterocycles. The lowest BCUT2D eigenvalue weighted by Crippen LogP contribution is -2.21. The van der Waals surface area contributed by atoms with Gasteiger partial charge in [-0.25, -0.2) is 0 Å². The van der Waals surface area contributed by atoms with Gasteiger partial charge in [0.1, 0.15) is 0 Å². The van der Waals surface area contributed by atoms with E-state index in [4.69, 9.17) is 10.2 Å². The average molecular weight is 284 g/mol. The van der Waals surface area contributed by atoms with Crippen molar-refractivity contribution in [1.82, 2.24) is 0 Å². The van der Waals surface area contributed by atoms with Gasteiger partial charge in [0.25, 0.3) is 0 Å². The van der Waals surface area contributed by atoms with Gasteiger partial charge in [-0.05, 0) is 38.0 Å². The molecule has 1 rings (SSSR count). The van der Waals surface area contributed by atoms with Crippen molar-refractivity contribution in [2.45, 2.75) is 63.9 Å². The first-order chi connectivity index (χ1) is 9.65. The average Bonchev–Trinajstić information content (AvgIpc) is 2.74. The molecule has 0 heterocycles. The number of hydrogen-bond donors (Lipinski definition) is 3. The largest absolute Gasteiger partial charge is 0.481 e. The van der Waals surface area contributed by atoms with Crippen molar-refractivity contribution < 1.29 is 20.1 Å². The van der Waals surface area contributed by atoms with E-state index in [1.165, 1.54) is 6.42 Å². The topological polar surface area (TPSA) is 77.8 Å². The zero-order valence-electron chi connectivity index (χ0n) is 12.2. The van der Waals surface area contributed by atoms with Crippen LogP contribution in [-0.4, -0.2) is 34.0 Å². The van der Waals surface area contributed by atoms with Gasteiger partial charge in [0.2, 0.25) is 0 Å². The van der Waals surface area contributed by atoms with Crippen molar-refractivity contribution in [3.05, 3.63) is 12.2 Å². The summed E-state index contributed by atoms with van der Waals surface area (Å²) in [6, 6.07) is 0. The number of rotatable bonds is 10. The fraction of sp³-hybridized carbons (Fsp3) is 0.812. The summed E-state index contributed by atoms with van der Waals surface area (Å²) < 4.78 is 0. The van der Waals surface area contributed by atoms with Gasteiger partial charge in [-0.1, -0.05) is 31.4 Å². The lowest BCUT2D eigenvalue weighted by atomic mass is 9.91. The van der Waals surface area contributed by atoms with E-state index in [2.05, 4.69) is 12.2 Å². The van der Waals surface area contributed by atoms with Gasteiger partial charge in [-0.15, -0.1) is 0 Å². The zero-order chi connectivity index (χ0) is 14.8. The highest BCUT2D eigenvalue weighted by Crippen LogP contribution is 2.35. The number of aliphatic hydroxyl groups excluding tert-OH is 2. The normalized spacial score (nSPS) is 26.4. The predicted octanol–water partition coefficient (Wildman–Crippen LogP) is 2.74. The van der Waals surface area contributed by atoms with E-state index in [9.17, 15) is 9.90 Å². The third-order valence-corrected chi connectivity index (χ3v) is 4.16. The summed E-state index contributed by atoms with van der Waals surface area (Å²) in [5.41, 5.74) is 0. The van der Waals surface area contributed by atoms with Crippen LogP contribution in [0.5, 0.6) is 0 Å². The summed E-state index contributed by atoms with van der Waals surface area (Å²) in [5.74, 6) is -0.720. The Labute approximate surface area is 121 Å². The van der Waals surface area contributed by atoms with E-state index in [0.29, 0.717) is 6.42 Å². The van der Waals surface area contributed by atoms with Gasteiger partial charge < -0.3 is 15.3 Å². The highest BCUT2D eigenvalue weighted by Gasteiger charge is 2.34. The Morgan fingerprint density at radius 1 is 1.10 bits per heavy atom. The lowest BCUT2D eigenvalue weighted by molar-refractivity contribution is -0.139. The van der Waals surface area contributed by atoms with Crippen LogP contribution in [0.25, 0.3) is 0 Å². The molecule has 4 nitrogen and oxygen atoms in total. The van der Waals surface area contributed by atoms with Gasteiger partial charge in [-0.3, -0.25) is 4.79 Å². The Morgan fingerprint density at radius 2 is 1.80 bits per heavy atom. The quantitative estimate of drug-likeness (QED) is 0.426. The molecule has 1 aliphatic rings.